The molecule has 0 aliphatic carbocycles. The van der Waals surface area contributed by atoms with Gasteiger partial charge in [0.25, 0.3) is 5.91 Å². The number of methoxy groups -OCH3 is 3. The van der Waals surface area contributed by atoms with Gasteiger partial charge in [-0.3, -0.25) is 14.3 Å². The van der Waals surface area contributed by atoms with Crippen molar-refractivity contribution in [3.05, 3.63) is 95.7 Å². The Morgan fingerprint density at radius 1 is 0.925 bits per heavy atom. The monoisotopic (exact) mass is 540 g/mol. The van der Waals surface area contributed by atoms with Crippen molar-refractivity contribution in [1.29, 1.82) is 0 Å². The van der Waals surface area contributed by atoms with Crippen LogP contribution in [0.5, 0.6) is 17.2 Å². The van der Waals surface area contributed by atoms with Gasteiger partial charge in [0.15, 0.2) is 0 Å². The number of hydrogen-bond donors (Lipinski definition) is 1. The average molecular weight is 541 g/mol. The van der Waals surface area contributed by atoms with Crippen molar-refractivity contribution < 1.29 is 23.8 Å². The number of rotatable bonds is 9. The summed E-state index contributed by atoms with van der Waals surface area (Å²) >= 11 is 0. The Balaban J connectivity index is 1.48. The molecular formula is C31H32N4O5. The Bertz CT molecular complexity index is 1510. The van der Waals surface area contributed by atoms with E-state index in [9.17, 15) is 9.59 Å². The number of benzene rings is 3. The van der Waals surface area contributed by atoms with E-state index in [0.717, 1.165) is 22.4 Å². The molecule has 9 heteroatoms. The van der Waals surface area contributed by atoms with Gasteiger partial charge in [-0.25, -0.2) is 0 Å². The summed E-state index contributed by atoms with van der Waals surface area (Å²) in [5.41, 5.74) is 2.42. The van der Waals surface area contributed by atoms with Crippen molar-refractivity contribution in [1.82, 2.24) is 20.0 Å². The molecule has 0 bridgehead atoms. The maximum Gasteiger partial charge on any atom is 0.273 e. The predicted octanol–water partition coefficient (Wildman–Crippen LogP) is 4.31. The first kappa shape index (κ1) is 26.8. The number of fused-ring (bicyclic) bond motifs is 1. The summed E-state index contributed by atoms with van der Waals surface area (Å²) in [5, 5.41) is 7.76. The van der Waals surface area contributed by atoms with Crippen LogP contribution in [0.1, 0.15) is 28.5 Å². The normalized spacial score (nSPS) is 16.3. The van der Waals surface area contributed by atoms with Crippen LogP contribution >= 0.6 is 0 Å². The number of ether oxygens (including phenoxy) is 3. The van der Waals surface area contributed by atoms with E-state index >= 15 is 0 Å². The lowest BCUT2D eigenvalue weighted by atomic mass is 9.94. The molecule has 4 aromatic rings. The summed E-state index contributed by atoms with van der Waals surface area (Å²) in [6.45, 7) is 2.47. The van der Waals surface area contributed by atoms with E-state index in [4.69, 9.17) is 19.3 Å². The van der Waals surface area contributed by atoms with Crippen LogP contribution in [0.2, 0.25) is 0 Å². The number of carbonyl (C=O) groups is 2. The molecular weight excluding hydrogens is 508 g/mol. The standard InChI is InChI=1S/C31H32N4O5/c1-31(30(37)32-18-23-7-5-6-8-28(23)40-4)20-35-27(17-26(33-35)22-11-15-25(39-3)16-12-22)29(36)34(31)19-21-9-13-24(38-2)14-10-21/h5-17H,18-20H2,1-4H3,(H,32,37)/t31-/m1/s1. The molecule has 40 heavy (non-hydrogen) atoms. The number of aromatic nitrogens is 2. The van der Waals surface area contributed by atoms with E-state index in [1.807, 2.05) is 72.8 Å². The third-order valence-corrected chi connectivity index (χ3v) is 7.30. The van der Waals surface area contributed by atoms with Gasteiger partial charge < -0.3 is 24.4 Å². The second kappa shape index (κ2) is 11.1. The fourth-order valence-electron chi connectivity index (χ4n) is 4.92. The highest BCUT2D eigenvalue weighted by Gasteiger charge is 2.48. The number of hydrogen-bond acceptors (Lipinski definition) is 6. The predicted molar refractivity (Wildman–Crippen MR) is 150 cm³/mol. The van der Waals surface area contributed by atoms with Crippen LogP contribution in [0.15, 0.2) is 78.9 Å². The van der Waals surface area contributed by atoms with E-state index < -0.39 is 5.54 Å². The highest BCUT2D eigenvalue weighted by Crippen LogP contribution is 2.32. The summed E-state index contributed by atoms with van der Waals surface area (Å²) in [4.78, 5) is 29.5. The van der Waals surface area contributed by atoms with E-state index in [1.54, 1.807) is 43.9 Å². The minimum atomic E-state index is -1.21. The van der Waals surface area contributed by atoms with Crippen LogP contribution in [0.25, 0.3) is 11.3 Å². The number of para-hydroxylation sites is 1. The number of amides is 2. The smallest absolute Gasteiger partial charge is 0.273 e. The zero-order chi connectivity index (χ0) is 28.3. The van der Waals surface area contributed by atoms with Gasteiger partial charge in [-0.1, -0.05) is 30.3 Å². The Kier molecular flexibility index (Phi) is 7.46. The zero-order valence-corrected chi connectivity index (χ0v) is 23.0. The topological polar surface area (TPSA) is 94.9 Å². The van der Waals surface area contributed by atoms with E-state index in [-0.39, 0.29) is 31.4 Å². The largest absolute Gasteiger partial charge is 0.497 e. The van der Waals surface area contributed by atoms with Crippen LogP contribution in [0.3, 0.4) is 0 Å². The first-order valence-electron chi connectivity index (χ1n) is 12.9. The molecule has 0 radical (unpaired) electrons. The van der Waals surface area contributed by atoms with Crippen molar-refractivity contribution in [2.45, 2.75) is 32.1 Å². The molecule has 0 fully saturated rings. The molecule has 0 spiro atoms. The van der Waals surface area contributed by atoms with Gasteiger partial charge in [-0.05, 0) is 61.0 Å². The van der Waals surface area contributed by atoms with Crippen molar-refractivity contribution in [2.24, 2.45) is 0 Å². The molecule has 0 saturated carbocycles. The van der Waals surface area contributed by atoms with Gasteiger partial charge in [0.05, 0.1) is 33.6 Å². The zero-order valence-electron chi connectivity index (χ0n) is 23.0. The molecule has 1 atom stereocenters. The molecule has 0 unspecified atom stereocenters. The molecule has 2 heterocycles. The molecule has 2 amide bonds. The lowest BCUT2D eigenvalue weighted by Crippen LogP contribution is -2.63. The molecule has 9 nitrogen and oxygen atoms in total. The summed E-state index contributed by atoms with van der Waals surface area (Å²) < 4.78 is 17.6. The summed E-state index contributed by atoms with van der Waals surface area (Å²) in [7, 11) is 4.81. The van der Waals surface area contributed by atoms with Gasteiger partial charge in [0.1, 0.15) is 28.5 Å². The molecule has 206 valence electrons. The first-order chi connectivity index (χ1) is 19.4. The van der Waals surface area contributed by atoms with E-state index in [0.29, 0.717) is 22.9 Å². The summed E-state index contributed by atoms with van der Waals surface area (Å²) in [6, 6.07) is 24.3. The molecule has 1 aromatic heterocycles. The van der Waals surface area contributed by atoms with Crippen molar-refractivity contribution in [2.75, 3.05) is 21.3 Å². The number of nitrogens with zero attached hydrogens (tertiary/aromatic N) is 3. The molecule has 1 aliphatic rings. The second-order valence-electron chi connectivity index (χ2n) is 9.81. The van der Waals surface area contributed by atoms with Crippen LogP contribution in [0, 0.1) is 0 Å². The minimum absolute atomic E-state index is 0.193. The van der Waals surface area contributed by atoms with Crippen molar-refractivity contribution in [3.63, 3.8) is 0 Å². The minimum Gasteiger partial charge on any atom is -0.497 e. The second-order valence-corrected chi connectivity index (χ2v) is 9.81. The SMILES string of the molecule is COc1ccc(CN2C(=O)c3cc(-c4ccc(OC)cc4)nn3C[C@]2(C)C(=O)NCc2ccccc2OC)cc1. The maximum absolute atomic E-state index is 14.0. The van der Waals surface area contributed by atoms with E-state index in [2.05, 4.69) is 5.32 Å². The third kappa shape index (κ3) is 5.10. The Labute approximate surface area is 233 Å². The fourth-order valence-corrected chi connectivity index (χ4v) is 4.92. The van der Waals surface area contributed by atoms with Gasteiger partial charge in [0, 0.05) is 24.2 Å². The first-order valence-corrected chi connectivity index (χ1v) is 12.9. The highest BCUT2D eigenvalue weighted by atomic mass is 16.5. The third-order valence-electron chi connectivity index (χ3n) is 7.30. The summed E-state index contributed by atoms with van der Waals surface area (Å²) in [6.07, 6.45) is 0. The Hall–Kier alpha value is -4.79. The van der Waals surface area contributed by atoms with Gasteiger partial charge in [-0.15, -0.1) is 0 Å². The number of carbonyl (C=O) groups excluding carboxylic acids is 2. The lowest BCUT2D eigenvalue weighted by molar-refractivity contribution is -0.133. The highest BCUT2D eigenvalue weighted by molar-refractivity contribution is 6.00. The van der Waals surface area contributed by atoms with Crippen LogP contribution in [-0.4, -0.2) is 53.4 Å². The Morgan fingerprint density at radius 3 is 2.23 bits per heavy atom. The molecule has 1 N–H and O–H groups in total. The van der Waals surface area contributed by atoms with Gasteiger partial charge in [0.2, 0.25) is 5.91 Å². The van der Waals surface area contributed by atoms with E-state index in [1.165, 1.54) is 0 Å². The lowest BCUT2D eigenvalue weighted by Gasteiger charge is -2.43. The van der Waals surface area contributed by atoms with Gasteiger partial charge >= 0.3 is 0 Å². The Morgan fingerprint density at radius 2 is 1.57 bits per heavy atom. The molecule has 3 aromatic carbocycles. The van der Waals surface area contributed by atoms with Crippen LogP contribution < -0.4 is 19.5 Å². The maximum atomic E-state index is 14.0. The van der Waals surface area contributed by atoms with Crippen LogP contribution in [-0.2, 0) is 24.4 Å². The number of nitrogens with one attached hydrogen (secondary N) is 1. The van der Waals surface area contributed by atoms with Gasteiger partial charge in [-0.2, -0.15) is 5.10 Å². The van der Waals surface area contributed by atoms with Crippen LogP contribution in [0.4, 0.5) is 0 Å². The fraction of sp³-hybridized carbons (Fsp3) is 0.258. The summed E-state index contributed by atoms with van der Waals surface area (Å²) in [5.74, 6) is 1.57. The average Bonchev–Trinajstić information content (AvgIpc) is 3.42. The van der Waals surface area contributed by atoms with Crippen molar-refractivity contribution in [3.8, 4) is 28.5 Å². The van der Waals surface area contributed by atoms with Crippen molar-refractivity contribution >= 4 is 11.8 Å². The molecule has 0 saturated heterocycles. The molecule has 5 rings (SSSR count). The molecule has 1 aliphatic heterocycles. The quantitative estimate of drug-likeness (QED) is 0.340.